The van der Waals surface area contributed by atoms with E-state index in [4.69, 9.17) is 4.74 Å². The van der Waals surface area contributed by atoms with Crippen molar-refractivity contribution in [1.29, 1.82) is 0 Å². The van der Waals surface area contributed by atoms with Crippen LogP contribution >= 0.6 is 0 Å². The predicted molar refractivity (Wildman–Crippen MR) is 104 cm³/mol. The maximum atomic E-state index is 12.8. The molecule has 1 aromatic carbocycles. The number of nitrogens with zero attached hydrogens (tertiary/aromatic N) is 4. The fourth-order valence-electron chi connectivity index (χ4n) is 3.63. The molecule has 7 heteroatoms. The molecule has 2 heterocycles. The molecule has 0 aliphatic carbocycles. The Labute approximate surface area is 159 Å². The third kappa shape index (κ3) is 3.97. The van der Waals surface area contributed by atoms with Gasteiger partial charge in [-0.1, -0.05) is 12.1 Å². The fourth-order valence-corrected chi connectivity index (χ4v) is 3.63. The normalized spacial score (nSPS) is 17.1. The van der Waals surface area contributed by atoms with Crippen LogP contribution in [0, 0.1) is 13.8 Å². The second-order valence-electron chi connectivity index (χ2n) is 6.96. The van der Waals surface area contributed by atoms with Crippen molar-refractivity contribution in [3.8, 4) is 5.75 Å². The first-order chi connectivity index (χ1) is 12.9. The van der Waals surface area contributed by atoms with Crippen LogP contribution in [0.25, 0.3) is 0 Å². The Morgan fingerprint density at radius 1 is 1.26 bits per heavy atom. The molecule has 0 N–H and O–H groups in total. The summed E-state index contributed by atoms with van der Waals surface area (Å²) in [5, 5.41) is 0. The summed E-state index contributed by atoms with van der Waals surface area (Å²) in [4.78, 5) is 33.0. The number of hydrogen-bond acceptors (Lipinski definition) is 5. The Balaban J connectivity index is 1.71. The number of para-hydroxylation sites is 2. The second kappa shape index (κ2) is 7.82. The predicted octanol–water partition coefficient (Wildman–Crippen LogP) is 1.61. The van der Waals surface area contributed by atoms with Gasteiger partial charge in [-0.05, 0) is 39.0 Å². The van der Waals surface area contributed by atoms with Crippen molar-refractivity contribution in [2.24, 2.45) is 0 Å². The van der Waals surface area contributed by atoms with Gasteiger partial charge in [0.15, 0.2) is 0 Å². The van der Waals surface area contributed by atoms with Gasteiger partial charge in [-0.15, -0.1) is 0 Å². The second-order valence-corrected chi connectivity index (χ2v) is 6.96. The fraction of sp³-hybridized carbons (Fsp3) is 0.450. The number of benzene rings is 1. The molecular formula is C20H26N4O3. The van der Waals surface area contributed by atoms with E-state index < -0.39 is 0 Å². The minimum Gasteiger partial charge on any atom is -0.495 e. The average molecular weight is 370 g/mol. The van der Waals surface area contributed by atoms with Crippen molar-refractivity contribution in [3.05, 3.63) is 52.2 Å². The summed E-state index contributed by atoms with van der Waals surface area (Å²) >= 11 is 0. The largest absolute Gasteiger partial charge is 0.495 e. The van der Waals surface area contributed by atoms with Crippen molar-refractivity contribution in [2.45, 2.75) is 33.4 Å². The molecule has 0 saturated carbocycles. The molecule has 2 aromatic rings. The van der Waals surface area contributed by atoms with Crippen molar-refractivity contribution in [1.82, 2.24) is 14.5 Å². The molecule has 1 atom stereocenters. The van der Waals surface area contributed by atoms with Crippen molar-refractivity contribution >= 4 is 11.6 Å². The number of rotatable bonds is 4. The summed E-state index contributed by atoms with van der Waals surface area (Å²) < 4.78 is 6.89. The van der Waals surface area contributed by atoms with Crippen LogP contribution in [-0.2, 0) is 11.3 Å². The Hall–Kier alpha value is -2.83. The van der Waals surface area contributed by atoms with E-state index in [1.807, 2.05) is 49.1 Å². The Bertz CT molecular complexity index is 893. The first-order valence-electron chi connectivity index (χ1n) is 9.13. The smallest absolute Gasteiger partial charge is 0.348 e. The van der Waals surface area contributed by atoms with Gasteiger partial charge in [0, 0.05) is 37.1 Å². The summed E-state index contributed by atoms with van der Waals surface area (Å²) in [6, 6.07) is 9.75. The number of carbonyl (C=O) groups is 1. The molecule has 1 fully saturated rings. The van der Waals surface area contributed by atoms with E-state index in [-0.39, 0.29) is 24.2 Å². The summed E-state index contributed by atoms with van der Waals surface area (Å²) in [5.41, 5.74) is 2.08. The molecule has 3 rings (SSSR count). The lowest BCUT2D eigenvalue weighted by molar-refractivity contribution is -0.134. The SMILES string of the molecule is COc1ccccc1N1CCN(C(=O)Cn2c(C)cc(C)nc2=O)[C@H](C)C1. The molecule has 27 heavy (non-hydrogen) atoms. The quantitative estimate of drug-likeness (QED) is 0.818. The van der Waals surface area contributed by atoms with Crippen LogP contribution in [0.3, 0.4) is 0 Å². The molecule has 1 aliphatic heterocycles. The first kappa shape index (κ1) is 18.9. The number of amides is 1. The Morgan fingerprint density at radius 3 is 2.67 bits per heavy atom. The first-order valence-corrected chi connectivity index (χ1v) is 9.13. The summed E-state index contributed by atoms with van der Waals surface area (Å²) in [7, 11) is 1.66. The van der Waals surface area contributed by atoms with Gasteiger partial charge in [0.1, 0.15) is 12.3 Å². The molecule has 1 aliphatic rings. The minimum atomic E-state index is -0.374. The van der Waals surface area contributed by atoms with Gasteiger partial charge >= 0.3 is 5.69 Å². The van der Waals surface area contributed by atoms with E-state index in [9.17, 15) is 9.59 Å². The lowest BCUT2D eigenvalue weighted by atomic mass is 10.1. The number of aryl methyl sites for hydroxylation is 2. The van der Waals surface area contributed by atoms with Crippen LogP contribution in [0.4, 0.5) is 5.69 Å². The van der Waals surface area contributed by atoms with E-state index in [1.165, 1.54) is 4.57 Å². The number of piperazine rings is 1. The number of ether oxygens (including phenoxy) is 1. The van der Waals surface area contributed by atoms with E-state index in [0.29, 0.717) is 18.8 Å². The molecule has 1 saturated heterocycles. The van der Waals surface area contributed by atoms with Crippen molar-refractivity contribution in [2.75, 3.05) is 31.6 Å². The van der Waals surface area contributed by atoms with E-state index in [0.717, 1.165) is 23.7 Å². The lowest BCUT2D eigenvalue weighted by Gasteiger charge is -2.41. The zero-order valence-electron chi connectivity index (χ0n) is 16.3. The third-order valence-corrected chi connectivity index (χ3v) is 5.01. The van der Waals surface area contributed by atoms with Crippen LogP contribution < -0.4 is 15.3 Å². The number of anilines is 1. The zero-order valence-corrected chi connectivity index (χ0v) is 16.3. The highest BCUT2D eigenvalue weighted by Gasteiger charge is 2.29. The number of carbonyl (C=O) groups excluding carboxylic acids is 1. The average Bonchev–Trinajstić information content (AvgIpc) is 2.64. The monoisotopic (exact) mass is 370 g/mol. The topological polar surface area (TPSA) is 67.7 Å². The van der Waals surface area contributed by atoms with E-state index in [1.54, 1.807) is 14.0 Å². The summed E-state index contributed by atoms with van der Waals surface area (Å²) in [5.74, 6) is 0.774. The van der Waals surface area contributed by atoms with Crippen LogP contribution in [0.1, 0.15) is 18.3 Å². The molecule has 0 spiro atoms. The highest BCUT2D eigenvalue weighted by Crippen LogP contribution is 2.29. The molecule has 7 nitrogen and oxygen atoms in total. The van der Waals surface area contributed by atoms with Crippen molar-refractivity contribution in [3.63, 3.8) is 0 Å². The standard InChI is InChI=1S/C20H26N4O3/c1-14-11-15(2)24(20(26)21-14)13-19(25)23-10-9-22(12-16(23)3)17-7-5-6-8-18(17)27-4/h5-8,11,16H,9-10,12-13H2,1-4H3/t16-/m1/s1. The lowest BCUT2D eigenvalue weighted by Crippen LogP contribution is -2.55. The molecule has 0 radical (unpaired) electrons. The maximum absolute atomic E-state index is 12.8. The van der Waals surface area contributed by atoms with Gasteiger partial charge in [0.2, 0.25) is 5.91 Å². The van der Waals surface area contributed by atoms with Crippen LogP contribution in [0.2, 0.25) is 0 Å². The van der Waals surface area contributed by atoms with Gasteiger partial charge in [-0.25, -0.2) is 4.79 Å². The van der Waals surface area contributed by atoms with Gasteiger partial charge in [0.25, 0.3) is 0 Å². The van der Waals surface area contributed by atoms with Crippen molar-refractivity contribution < 1.29 is 9.53 Å². The van der Waals surface area contributed by atoms with Gasteiger partial charge in [-0.3, -0.25) is 9.36 Å². The Kier molecular flexibility index (Phi) is 5.48. The molecule has 1 amide bonds. The molecule has 0 bridgehead atoms. The van der Waals surface area contributed by atoms with Gasteiger partial charge in [-0.2, -0.15) is 4.98 Å². The minimum absolute atomic E-state index is 0.0247. The number of methoxy groups -OCH3 is 1. The number of hydrogen-bond donors (Lipinski definition) is 0. The van der Waals surface area contributed by atoms with E-state index >= 15 is 0 Å². The highest BCUT2D eigenvalue weighted by molar-refractivity contribution is 5.77. The Morgan fingerprint density at radius 2 is 2.00 bits per heavy atom. The maximum Gasteiger partial charge on any atom is 0.348 e. The molecule has 1 aromatic heterocycles. The molecular weight excluding hydrogens is 344 g/mol. The van der Waals surface area contributed by atoms with Crippen LogP contribution in [0.5, 0.6) is 5.75 Å². The zero-order chi connectivity index (χ0) is 19.6. The van der Waals surface area contributed by atoms with Gasteiger partial charge in [0.05, 0.1) is 12.8 Å². The highest BCUT2D eigenvalue weighted by atomic mass is 16.5. The van der Waals surface area contributed by atoms with Gasteiger partial charge < -0.3 is 14.5 Å². The van der Waals surface area contributed by atoms with Crippen LogP contribution in [0.15, 0.2) is 35.1 Å². The number of aromatic nitrogens is 2. The summed E-state index contributed by atoms with van der Waals surface area (Å²) in [6.45, 7) is 7.69. The van der Waals surface area contributed by atoms with Crippen LogP contribution in [-0.4, -0.2) is 53.1 Å². The third-order valence-electron chi connectivity index (χ3n) is 5.01. The summed E-state index contributed by atoms with van der Waals surface area (Å²) in [6.07, 6.45) is 0. The molecule has 0 unspecified atom stereocenters. The van der Waals surface area contributed by atoms with E-state index in [2.05, 4.69) is 9.88 Å². The molecule has 144 valence electrons.